The number of methoxy groups -OCH3 is 1. The maximum Gasteiger partial charge on any atom is 0.329 e. The predicted molar refractivity (Wildman–Crippen MR) is 119 cm³/mol. The van der Waals surface area contributed by atoms with E-state index in [1.807, 2.05) is 77.5 Å². The van der Waals surface area contributed by atoms with Gasteiger partial charge in [0.1, 0.15) is 6.61 Å². The normalized spacial score (nSPS) is 13.7. The van der Waals surface area contributed by atoms with Gasteiger partial charge in [-0.25, -0.2) is 9.59 Å². The minimum Gasteiger partial charge on any atom is -0.480 e. The van der Waals surface area contributed by atoms with Crippen molar-refractivity contribution in [3.63, 3.8) is 0 Å². The molecule has 1 aliphatic carbocycles. The molecule has 1 aliphatic rings. The number of carboxylic acids is 1. The Hall–Kier alpha value is -2.86. The highest BCUT2D eigenvalue weighted by molar-refractivity contribution is 5.99. The Morgan fingerprint density at radius 2 is 1.43 bits per heavy atom. The van der Waals surface area contributed by atoms with Gasteiger partial charge in [0.2, 0.25) is 0 Å². The second-order valence-electron chi connectivity index (χ2n) is 7.50. The summed E-state index contributed by atoms with van der Waals surface area (Å²) >= 11 is 0. The summed E-state index contributed by atoms with van der Waals surface area (Å²) in [5.74, 6) is -0.293. The van der Waals surface area contributed by atoms with E-state index in [0.29, 0.717) is 5.92 Å². The molecule has 3 rings (SSSR count). The summed E-state index contributed by atoms with van der Waals surface area (Å²) in [6, 6.07) is 19.8. The zero-order valence-corrected chi connectivity index (χ0v) is 17.9. The fourth-order valence-corrected chi connectivity index (χ4v) is 3.65. The van der Waals surface area contributed by atoms with Gasteiger partial charge in [0.05, 0.1) is 11.4 Å². The van der Waals surface area contributed by atoms with Crippen molar-refractivity contribution in [1.29, 1.82) is 0 Å². The highest BCUT2D eigenvalue weighted by atomic mass is 16.5. The molecule has 2 amide bonds. The summed E-state index contributed by atoms with van der Waals surface area (Å²) in [6.45, 7) is 0.634. The van der Waals surface area contributed by atoms with Crippen molar-refractivity contribution in [2.24, 2.45) is 5.92 Å². The van der Waals surface area contributed by atoms with Crippen molar-refractivity contribution in [1.82, 2.24) is 4.90 Å². The first-order valence-corrected chi connectivity index (χ1v) is 10.4. The molecule has 0 spiro atoms. The van der Waals surface area contributed by atoms with Crippen molar-refractivity contribution >= 4 is 23.4 Å². The minimum atomic E-state index is -0.933. The second kappa shape index (κ2) is 12.6. The van der Waals surface area contributed by atoms with E-state index in [1.54, 1.807) is 0 Å². The molecule has 30 heavy (non-hydrogen) atoms. The second-order valence-corrected chi connectivity index (χ2v) is 7.50. The first-order valence-electron chi connectivity index (χ1n) is 10.4. The van der Waals surface area contributed by atoms with E-state index in [2.05, 4.69) is 4.74 Å². The Morgan fingerprint density at radius 1 is 0.933 bits per heavy atom. The van der Waals surface area contributed by atoms with E-state index in [1.165, 1.54) is 39.2 Å². The maximum atomic E-state index is 13.2. The van der Waals surface area contributed by atoms with Gasteiger partial charge >= 0.3 is 12.0 Å². The minimum absolute atomic E-state index is 0.0398. The van der Waals surface area contributed by atoms with Crippen LogP contribution in [0, 0.1) is 5.92 Å². The molecular formula is C24H32N2O4. The van der Waals surface area contributed by atoms with Crippen molar-refractivity contribution < 1.29 is 19.4 Å². The molecule has 1 N–H and O–H groups in total. The Kier molecular flexibility index (Phi) is 9.87. The molecule has 6 heteroatoms. The molecular weight excluding hydrogens is 380 g/mol. The third-order valence-electron chi connectivity index (χ3n) is 5.07. The highest BCUT2D eigenvalue weighted by Crippen LogP contribution is 2.28. The third kappa shape index (κ3) is 7.52. The van der Waals surface area contributed by atoms with Crippen LogP contribution in [-0.4, -0.2) is 49.3 Å². The molecule has 162 valence electrons. The quantitative estimate of drug-likeness (QED) is 0.710. The number of benzene rings is 2. The van der Waals surface area contributed by atoms with Gasteiger partial charge in [0.15, 0.2) is 0 Å². The molecule has 1 fully saturated rings. The number of hydrogen-bond donors (Lipinski definition) is 1. The number of aliphatic carboxylic acids is 1. The lowest BCUT2D eigenvalue weighted by Crippen LogP contribution is -2.41. The van der Waals surface area contributed by atoms with Gasteiger partial charge in [-0.15, -0.1) is 0 Å². The average molecular weight is 413 g/mol. The molecule has 1 saturated carbocycles. The fourth-order valence-electron chi connectivity index (χ4n) is 3.65. The van der Waals surface area contributed by atoms with E-state index >= 15 is 0 Å². The highest BCUT2D eigenvalue weighted by Gasteiger charge is 2.24. The Bertz CT molecular complexity index is 722. The smallest absolute Gasteiger partial charge is 0.329 e. The van der Waals surface area contributed by atoms with E-state index in [9.17, 15) is 9.59 Å². The zero-order chi connectivity index (χ0) is 21.8. The number of amides is 2. The summed E-state index contributed by atoms with van der Waals surface area (Å²) in [5.41, 5.74) is 1.81. The van der Waals surface area contributed by atoms with Crippen LogP contribution in [0.1, 0.15) is 32.1 Å². The molecule has 0 aromatic heterocycles. The molecule has 0 unspecified atom stereocenters. The number of carboxylic acid groups (broad SMARTS) is 1. The number of para-hydroxylation sites is 2. The third-order valence-corrected chi connectivity index (χ3v) is 5.07. The molecule has 6 nitrogen and oxygen atoms in total. The molecule has 0 bridgehead atoms. The van der Waals surface area contributed by atoms with E-state index in [0.717, 1.165) is 17.9 Å². The van der Waals surface area contributed by atoms with E-state index in [-0.39, 0.29) is 12.6 Å². The SMILES string of the molecule is CN(CC1CCCCC1)C(=O)N(c1ccccc1)c1ccccc1.COCC(=O)O. The van der Waals surface area contributed by atoms with Crippen LogP contribution < -0.4 is 4.90 Å². The van der Waals surface area contributed by atoms with Crippen LogP contribution in [0.4, 0.5) is 16.2 Å². The molecule has 2 aromatic carbocycles. The van der Waals surface area contributed by atoms with Crippen LogP contribution in [0.15, 0.2) is 60.7 Å². The first-order chi connectivity index (χ1) is 14.5. The van der Waals surface area contributed by atoms with Gasteiger partial charge in [-0.1, -0.05) is 55.7 Å². The van der Waals surface area contributed by atoms with Crippen molar-refractivity contribution in [3.05, 3.63) is 60.7 Å². The molecule has 0 heterocycles. The first kappa shape index (κ1) is 23.4. The monoisotopic (exact) mass is 412 g/mol. The van der Waals surface area contributed by atoms with Crippen molar-refractivity contribution in [2.75, 3.05) is 32.2 Å². The largest absolute Gasteiger partial charge is 0.480 e. The van der Waals surface area contributed by atoms with Gasteiger partial charge in [-0.05, 0) is 43.0 Å². The summed E-state index contributed by atoms with van der Waals surface area (Å²) in [7, 11) is 3.27. The topological polar surface area (TPSA) is 70.1 Å². The Labute approximate surface area is 179 Å². The van der Waals surface area contributed by atoms with E-state index < -0.39 is 5.97 Å². The van der Waals surface area contributed by atoms with Crippen LogP contribution in [0.2, 0.25) is 0 Å². The maximum absolute atomic E-state index is 13.2. The Morgan fingerprint density at radius 3 is 1.83 bits per heavy atom. The van der Waals surface area contributed by atoms with Gasteiger partial charge in [-0.2, -0.15) is 0 Å². The number of carbonyl (C=O) groups is 2. The van der Waals surface area contributed by atoms with Crippen LogP contribution >= 0.6 is 0 Å². The molecule has 0 atom stereocenters. The van der Waals surface area contributed by atoms with Gasteiger partial charge < -0.3 is 14.7 Å². The number of nitrogens with zero attached hydrogens (tertiary/aromatic N) is 2. The van der Waals surface area contributed by atoms with Gasteiger partial charge in [0, 0.05) is 20.7 Å². The van der Waals surface area contributed by atoms with Crippen LogP contribution in [0.5, 0.6) is 0 Å². The number of ether oxygens (including phenoxy) is 1. The lowest BCUT2D eigenvalue weighted by Gasteiger charge is -2.32. The van der Waals surface area contributed by atoms with E-state index in [4.69, 9.17) is 5.11 Å². The predicted octanol–water partition coefficient (Wildman–Crippen LogP) is 5.17. The lowest BCUT2D eigenvalue weighted by molar-refractivity contribution is -0.141. The fraction of sp³-hybridized carbons (Fsp3) is 0.417. The number of rotatable bonds is 6. The number of anilines is 2. The Balaban J connectivity index is 0.000000469. The number of hydrogen-bond acceptors (Lipinski definition) is 3. The number of carbonyl (C=O) groups excluding carboxylic acids is 1. The summed E-state index contributed by atoms with van der Waals surface area (Å²) in [4.78, 5) is 26.3. The summed E-state index contributed by atoms with van der Waals surface area (Å²) < 4.78 is 4.20. The molecule has 0 radical (unpaired) electrons. The van der Waals surface area contributed by atoms with Crippen LogP contribution in [-0.2, 0) is 9.53 Å². The van der Waals surface area contributed by atoms with Crippen LogP contribution in [0.3, 0.4) is 0 Å². The lowest BCUT2D eigenvalue weighted by atomic mass is 9.89. The summed E-state index contributed by atoms with van der Waals surface area (Å²) in [5, 5.41) is 7.79. The molecule has 0 saturated heterocycles. The average Bonchev–Trinajstić information content (AvgIpc) is 2.76. The molecule has 0 aliphatic heterocycles. The standard InChI is InChI=1S/C21H26N2O.C3H6O3/c1-22(17-18-11-5-2-6-12-18)21(24)23(19-13-7-3-8-14-19)20-15-9-4-10-16-20;1-6-2-3(4)5/h3-4,7-10,13-16,18H,2,5-6,11-12,17H2,1H3;2H2,1H3,(H,4,5). The summed E-state index contributed by atoms with van der Waals surface area (Å²) in [6.07, 6.45) is 6.43. The van der Waals surface area contributed by atoms with Gasteiger partial charge in [-0.3, -0.25) is 4.90 Å². The molecule has 2 aromatic rings. The van der Waals surface area contributed by atoms with Gasteiger partial charge in [0.25, 0.3) is 0 Å². The van der Waals surface area contributed by atoms with Crippen LogP contribution in [0.25, 0.3) is 0 Å². The van der Waals surface area contributed by atoms with Crippen molar-refractivity contribution in [3.8, 4) is 0 Å². The number of urea groups is 1. The van der Waals surface area contributed by atoms with Crippen molar-refractivity contribution in [2.45, 2.75) is 32.1 Å². The zero-order valence-electron chi connectivity index (χ0n) is 17.9.